The van der Waals surface area contributed by atoms with Crippen molar-refractivity contribution < 1.29 is 14.6 Å². The van der Waals surface area contributed by atoms with Crippen LogP contribution in [0.1, 0.15) is 6.42 Å². The van der Waals surface area contributed by atoms with Crippen LogP contribution in [0, 0.1) is 0 Å². The van der Waals surface area contributed by atoms with Crippen LogP contribution in [0.4, 0.5) is 0 Å². The Morgan fingerprint density at radius 1 is 1.70 bits per heavy atom. The zero-order chi connectivity index (χ0) is 7.56. The molecule has 0 saturated heterocycles. The summed E-state index contributed by atoms with van der Waals surface area (Å²) >= 11 is 0. The van der Waals surface area contributed by atoms with Gasteiger partial charge in [-0.3, -0.25) is 4.79 Å². The summed E-state index contributed by atoms with van der Waals surface area (Å²) in [6, 6.07) is 0. The number of aliphatic hydroxyl groups excluding tert-OH is 1. The number of ketones is 1. The predicted octanol–water partition coefficient (Wildman–Crippen LogP) is 0.931. The molecule has 0 atom stereocenters. The molecule has 1 N–H and O–H groups in total. The van der Waals surface area contributed by atoms with Crippen LogP contribution >= 0.6 is 0 Å². The smallest absolute Gasteiger partial charge is 0.204 e. The SMILES string of the molecule is COC1=C(O)C=CCC1=O. The van der Waals surface area contributed by atoms with Crippen molar-refractivity contribution >= 4 is 5.78 Å². The van der Waals surface area contributed by atoms with Crippen molar-refractivity contribution in [1.29, 1.82) is 0 Å². The van der Waals surface area contributed by atoms with Crippen LogP contribution in [0.25, 0.3) is 0 Å². The van der Waals surface area contributed by atoms with Crippen LogP contribution in [-0.4, -0.2) is 18.0 Å². The highest BCUT2D eigenvalue weighted by molar-refractivity contribution is 5.96. The lowest BCUT2D eigenvalue weighted by Crippen LogP contribution is -2.09. The minimum absolute atomic E-state index is 0.0579. The van der Waals surface area contributed by atoms with Crippen molar-refractivity contribution in [2.24, 2.45) is 0 Å². The summed E-state index contributed by atoms with van der Waals surface area (Å²) in [4.78, 5) is 10.8. The van der Waals surface area contributed by atoms with E-state index in [1.54, 1.807) is 6.08 Å². The van der Waals surface area contributed by atoms with Crippen molar-refractivity contribution in [1.82, 2.24) is 0 Å². The summed E-state index contributed by atoms with van der Waals surface area (Å²) in [5.41, 5.74) is 0. The summed E-state index contributed by atoms with van der Waals surface area (Å²) in [6.07, 6.45) is 3.37. The molecule has 1 rings (SSSR count). The fraction of sp³-hybridized carbons (Fsp3) is 0.286. The first kappa shape index (κ1) is 6.86. The van der Waals surface area contributed by atoms with Gasteiger partial charge < -0.3 is 9.84 Å². The van der Waals surface area contributed by atoms with E-state index in [1.165, 1.54) is 13.2 Å². The van der Waals surface area contributed by atoms with Crippen molar-refractivity contribution in [2.75, 3.05) is 7.11 Å². The molecule has 3 nitrogen and oxygen atoms in total. The van der Waals surface area contributed by atoms with Crippen LogP contribution in [0.5, 0.6) is 0 Å². The fourth-order valence-electron chi connectivity index (χ4n) is 0.807. The minimum Gasteiger partial charge on any atom is -0.504 e. The van der Waals surface area contributed by atoms with Crippen molar-refractivity contribution in [3.05, 3.63) is 23.7 Å². The largest absolute Gasteiger partial charge is 0.504 e. The Bertz CT molecular complexity index is 213. The fourth-order valence-corrected chi connectivity index (χ4v) is 0.807. The first-order chi connectivity index (χ1) is 4.75. The van der Waals surface area contributed by atoms with Gasteiger partial charge in [0.2, 0.25) is 11.5 Å². The van der Waals surface area contributed by atoms with Gasteiger partial charge >= 0.3 is 0 Å². The van der Waals surface area contributed by atoms with E-state index in [4.69, 9.17) is 5.11 Å². The number of hydrogen-bond acceptors (Lipinski definition) is 3. The topological polar surface area (TPSA) is 46.5 Å². The third kappa shape index (κ3) is 1.03. The molecular weight excluding hydrogens is 132 g/mol. The van der Waals surface area contributed by atoms with E-state index in [9.17, 15) is 4.79 Å². The first-order valence-electron chi connectivity index (χ1n) is 2.92. The van der Waals surface area contributed by atoms with Crippen LogP contribution in [0.3, 0.4) is 0 Å². The second kappa shape index (κ2) is 2.56. The Hall–Kier alpha value is -1.25. The third-order valence-electron chi connectivity index (χ3n) is 1.27. The molecule has 10 heavy (non-hydrogen) atoms. The maximum absolute atomic E-state index is 10.8. The molecule has 1 aliphatic carbocycles. The van der Waals surface area contributed by atoms with Gasteiger partial charge in [0.15, 0.2) is 5.76 Å². The normalized spacial score (nSPS) is 17.9. The van der Waals surface area contributed by atoms with E-state index >= 15 is 0 Å². The zero-order valence-corrected chi connectivity index (χ0v) is 5.63. The second-order valence-electron chi connectivity index (χ2n) is 1.95. The van der Waals surface area contributed by atoms with Gasteiger partial charge in [-0.25, -0.2) is 0 Å². The lowest BCUT2D eigenvalue weighted by molar-refractivity contribution is -0.118. The number of rotatable bonds is 1. The molecule has 0 amide bonds. The molecule has 0 heterocycles. The van der Waals surface area contributed by atoms with Gasteiger partial charge in [-0.1, -0.05) is 6.08 Å². The number of carbonyl (C=O) groups excluding carboxylic acids is 1. The van der Waals surface area contributed by atoms with Crippen LogP contribution in [0.2, 0.25) is 0 Å². The highest BCUT2D eigenvalue weighted by Gasteiger charge is 2.16. The summed E-state index contributed by atoms with van der Waals surface area (Å²) < 4.78 is 4.64. The zero-order valence-electron chi connectivity index (χ0n) is 5.63. The molecule has 0 unspecified atom stereocenters. The van der Waals surface area contributed by atoms with Gasteiger partial charge in [0.05, 0.1) is 7.11 Å². The molecule has 0 radical (unpaired) electrons. The molecule has 3 heteroatoms. The number of methoxy groups -OCH3 is 1. The van der Waals surface area contributed by atoms with Gasteiger partial charge in [0.25, 0.3) is 0 Å². The Kier molecular flexibility index (Phi) is 1.76. The van der Waals surface area contributed by atoms with Gasteiger partial charge in [-0.05, 0) is 6.08 Å². The van der Waals surface area contributed by atoms with E-state index in [0.717, 1.165) is 0 Å². The maximum atomic E-state index is 10.8. The van der Waals surface area contributed by atoms with E-state index in [2.05, 4.69) is 4.74 Å². The second-order valence-corrected chi connectivity index (χ2v) is 1.95. The Morgan fingerprint density at radius 2 is 2.40 bits per heavy atom. The molecule has 0 spiro atoms. The quantitative estimate of drug-likeness (QED) is 0.589. The number of hydrogen-bond donors (Lipinski definition) is 1. The van der Waals surface area contributed by atoms with Crippen LogP contribution in [0.15, 0.2) is 23.7 Å². The number of Topliss-reactive ketones (excluding diaryl/α,β-unsaturated/α-hetero) is 1. The standard InChI is InChI=1S/C7H8O3/c1-10-7-5(8)3-2-4-6(7)9/h2-3,8H,4H2,1H3. The van der Waals surface area contributed by atoms with E-state index in [-0.39, 0.29) is 17.3 Å². The summed E-state index contributed by atoms with van der Waals surface area (Å²) in [7, 11) is 1.36. The van der Waals surface area contributed by atoms with E-state index in [1.807, 2.05) is 0 Å². The molecule has 0 aromatic carbocycles. The molecule has 1 aliphatic rings. The van der Waals surface area contributed by atoms with Gasteiger partial charge in [0, 0.05) is 6.42 Å². The van der Waals surface area contributed by atoms with Crippen LogP contribution in [-0.2, 0) is 9.53 Å². The average Bonchev–Trinajstić information content (AvgIpc) is 1.88. The molecule has 0 bridgehead atoms. The monoisotopic (exact) mass is 140 g/mol. The average molecular weight is 140 g/mol. The summed E-state index contributed by atoms with van der Waals surface area (Å²) in [5, 5.41) is 8.99. The number of carbonyl (C=O) groups is 1. The Balaban J connectivity index is 2.94. The van der Waals surface area contributed by atoms with E-state index < -0.39 is 0 Å². The lowest BCUT2D eigenvalue weighted by atomic mass is 10.1. The number of allylic oxidation sites excluding steroid dienone is 3. The maximum Gasteiger partial charge on any atom is 0.204 e. The van der Waals surface area contributed by atoms with E-state index in [0.29, 0.717) is 6.42 Å². The summed E-state index contributed by atoms with van der Waals surface area (Å²) in [6.45, 7) is 0. The highest BCUT2D eigenvalue weighted by atomic mass is 16.5. The Labute approximate surface area is 58.6 Å². The predicted molar refractivity (Wildman–Crippen MR) is 35.4 cm³/mol. The molecule has 0 fully saturated rings. The van der Waals surface area contributed by atoms with Gasteiger partial charge in [-0.2, -0.15) is 0 Å². The summed E-state index contributed by atoms with van der Waals surface area (Å²) in [5.74, 6) is -0.205. The van der Waals surface area contributed by atoms with Gasteiger partial charge in [0.1, 0.15) is 0 Å². The van der Waals surface area contributed by atoms with Crippen molar-refractivity contribution in [3.63, 3.8) is 0 Å². The highest BCUT2D eigenvalue weighted by Crippen LogP contribution is 2.13. The molecule has 0 saturated carbocycles. The molecule has 0 aromatic rings. The first-order valence-corrected chi connectivity index (χ1v) is 2.92. The number of aliphatic hydroxyl groups is 1. The van der Waals surface area contributed by atoms with Crippen molar-refractivity contribution in [3.8, 4) is 0 Å². The molecule has 0 aromatic heterocycles. The molecule has 0 aliphatic heterocycles. The molecular formula is C7H8O3. The lowest BCUT2D eigenvalue weighted by Gasteiger charge is -2.07. The van der Waals surface area contributed by atoms with Gasteiger partial charge in [-0.15, -0.1) is 0 Å². The van der Waals surface area contributed by atoms with Crippen LogP contribution < -0.4 is 0 Å². The molecule has 54 valence electrons. The Morgan fingerprint density at radius 3 is 2.80 bits per heavy atom. The number of ether oxygens (including phenoxy) is 1. The van der Waals surface area contributed by atoms with Crippen molar-refractivity contribution in [2.45, 2.75) is 6.42 Å². The third-order valence-corrected chi connectivity index (χ3v) is 1.27. The minimum atomic E-state index is -0.178.